The highest BCUT2D eigenvalue weighted by Gasteiger charge is 2.15. The van der Waals surface area contributed by atoms with Crippen LogP contribution < -0.4 is 11.2 Å². The predicted octanol–water partition coefficient (Wildman–Crippen LogP) is 2.31. The van der Waals surface area contributed by atoms with Gasteiger partial charge in [-0.05, 0) is 40.2 Å². The van der Waals surface area contributed by atoms with Crippen LogP contribution in [0.15, 0.2) is 81.2 Å². The number of benzene rings is 2. The second-order valence-corrected chi connectivity index (χ2v) is 8.34. The van der Waals surface area contributed by atoms with Gasteiger partial charge in [-0.25, -0.2) is 22.9 Å². The van der Waals surface area contributed by atoms with Gasteiger partial charge in [0.05, 0.1) is 30.0 Å². The van der Waals surface area contributed by atoms with E-state index in [1.807, 2.05) is 0 Å². The third-order valence-electron chi connectivity index (χ3n) is 5.13. The predicted molar refractivity (Wildman–Crippen MR) is 124 cm³/mol. The molecule has 0 unspecified atom stereocenters. The molecule has 3 aromatic heterocycles. The SMILES string of the molecule is O=c1c(Br)cn(Cc2cn(-c3ccccc3F)nn2)c(=O)n1Cc1cn(-c2ccccc2F)nn1. The molecule has 3 heterocycles. The van der Waals surface area contributed by atoms with Crippen molar-refractivity contribution in [2.45, 2.75) is 13.1 Å². The number of nitrogens with zero attached hydrogens (tertiary/aromatic N) is 8. The van der Waals surface area contributed by atoms with Gasteiger partial charge in [0.1, 0.15) is 34.4 Å². The Morgan fingerprint density at radius 2 is 1.26 bits per heavy atom. The molecule has 0 N–H and O–H groups in total. The number of rotatable bonds is 6. The zero-order valence-corrected chi connectivity index (χ0v) is 19.4. The van der Waals surface area contributed by atoms with E-state index >= 15 is 0 Å². The molecule has 176 valence electrons. The first kappa shape index (κ1) is 22.5. The van der Waals surface area contributed by atoms with Crippen LogP contribution in [-0.4, -0.2) is 39.1 Å². The fourth-order valence-electron chi connectivity index (χ4n) is 3.46. The molecule has 0 aliphatic heterocycles. The second-order valence-electron chi connectivity index (χ2n) is 7.49. The lowest BCUT2D eigenvalue weighted by Gasteiger charge is -2.09. The molecule has 0 saturated heterocycles. The number of hydrogen-bond donors (Lipinski definition) is 0. The summed E-state index contributed by atoms with van der Waals surface area (Å²) >= 11 is 3.19. The van der Waals surface area contributed by atoms with Gasteiger partial charge in [0, 0.05) is 6.20 Å². The molecule has 0 atom stereocenters. The molecule has 0 amide bonds. The summed E-state index contributed by atoms with van der Waals surface area (Å²) in [4.78, 5) is 25.8. The van der Waals surface area contributed by atoms with Gasteiger partial charge in [-0.15, -0.1) is 10.2 Å². The quantitative estimate of drug-likeness (QED) is 0.327. The molecule has 0 saturated carbocycles. The zero-order chi connectivity index (χ0) is 24.5. The van der Waals surface area contributed by atoms with Gasteiger partial charge < -0.3 is 0 Å². The summed E-state index contributed by atoms with van der Waals surface area (Å²) in [6, 6.07) is 12.1. The van der Waals surface area contributed by atoms with E-state index in [1.54, 1.807) is 30.3 Å². The Morgan fingerprint density at radius 3 is 1.80 bits per heavy atom. The Bertz CT molecular complexity index is 1660. The van der Waals surface area contributed by atoms with Crippen molar-refractivity contribution in [2.24, 2.45) is 0 Å². The molecule has 0 aliphatic carbocycles. The van der Waals surface area contributed by atoms with E-state index in [9.17, 15) is 18.4 Å². The van der Waals surface area contributed by atoms with Gasteiger partial charge >= 0.3 is 5.69 Å². The number of aromatic nitrogens is 8. The van der Waals surface area contributed by atoms with Gasteiger partial charge in [0.2, 0.25) is 0 Å². The Kier molecular flexibility index (Phi) is 5.91. The third kappa shape index (κ3) is 4.45. The summed E-state index contributed by atoms with van der Waals surface area (Å²) in [7, 11) is 0. The van der Waals surface area contributed by atoms with E-state index in [-0.39, 0.29) is 34.6 Å². The molecule has 5 rings (SSSR count). The van der Waals surface area contributed by atoms with Crippen molar-refractivity contribution < 1.29 is 8.78 Å². The first-order valence-corrected chi connectivity index (χ1v) is 11.0. The van der Waals surface area contributed by atoms with Crippen LogP contribution in [0.1, 0.15) is 11.4 Å². The van der Waals surface area contributed by atoms with Crippen molar-refractivity contribution in [1.82, 2.24) is 39.1 Å². The highest BCUT2D eigenvalue weighted by molar-refractivity contribution is 9.10. The molecule has 0 fully saturated rings. The first-order valence-electron chi connectivity index (χ1n) is 10.2. The minimum absolute atomic E-state index is 0.0198. The molecule has 2 aromatic carbocycles. The van der Waals surface area contributed by atoms with Crippen molar-refractivity contribution in [3.05, 3.63) is 115 Å². The van der Waals surface area contributed by atoms with E-state index < -0.39 is 22.9 Å². The molecule has 5 aromatic rings. The van der Waals surface area contributed by atoms with Crippen LogP contribution >= 0.6 is 15.9 Å². The lowest BCUT2D eigenvalue weighted by atomic mass is 10.3. The van der Waals surface area contributed by atoms with Gasteiger partial charge in [0.15, 0.2) is 0 Å². The summed E-state index contributed by atoms with van der Waals surface area (Å²) in [5.74, 6) is -0.963. The average Bonchev–Trinajstić information content (AvgIpc) is 3.51. The molecule has 0 radical (unpaired) electrons. The van der Waals surface area contributed by atoms with Gasteiger partial charge in [-0.1, -0.05) is 34.7 Å². The van der Waals surface area contributed by atoms with Crippen LogP contribution in [-0.2, 0) is 13.1 Å². The van der Waals surface area contributed by atoms with Crippen molar-refractivity contribution in [1.29, 1.82) is 0 Å². The van der Waals surface area contributed by atoms with Gasteiger partial charge in [-0.3, -0.25) is 13.9 Å². The monoisotopic (exact) mass is 540 g/mol. The van der Waals surface area contributed by atoms with Crippen molar-refractivity contribution >= 4 is 15.9 Å². The van der Waals surface area contributed by atoms with E-state index in [0.717, 1.165) is 4.57 Å². The van der Waals surface area contributed by atoms with Crippen LogP contribution in [0.4, 0.5) is 8.78 Å². The Hall–Kier alpha value is -4.26. The minimum atomic E-state index is -0.626. The maximum absolute atomic E-state index is 14.0. The van der Waals surface area contributed by atoms with Crippen LogP contribution in [0, 0.1) is 11.6 Å². The van der Waals surface area contributed by atoms with Crippen LogP contribution in [0.5, 0.6) is 0 Å². The maximum Gasteiger partial charge on any atom is 0.331 e. The number of para-hydroxylation sites is 2. The summed E-state index contributed by atoms with van der Waals surface area (Å²) in [5.41, 5.74) is -0.146. The van der Waals surface area contributed by atoms with Crippen molar-refractivity contribution in [2.75, 3.05) is 0 Å². The fraction of sp³-hybridized carbons (Fsp3) is 0.0909. The highest BCUT2D eigenvalue weighted by atomic mass is 79.9. The summed E-state index contributed by atoms with van der Waals surface area (Å²) in [5, 5.41) is 15.8. The summed E-state index contributed by atoms with van der Waals surface area (Å²) in [6.45, 7) is -0.207. The van der Waals surface area contributed by atoms with E-state index in [4.69, 9.17) is 0 Å². The summed E-state index contributed by atoms with van der Waals surface area (Å²) in [6.07, 6.45) is 4.28. The maximum atomic E-state index is 14.0. The summed E-state index contributed by atoms with van der Waals surface area (Å²) < 4.78 is 33.0. The molecular weight excluding hydrogens is 526 g/mol. The molecule has 13 heteroatoms. The standard InChI is InChI=1S/C22H15BrF2N8O2/c23-16-13-30(9-14-11-32(28-26-14)19-7-3-1-5-17(19)24)22(35)31(21(16)34)10-15-12-33(29-27-15)20-8-4-2-6-18(20)25/h1-8,11-13H,9-10H2. The minimum Gasteiger partial charge on any atom is -0.293 e. The molecular formula is C22H15BrF2N8O2. The lowest BCUT2D eigenvalue weighted by Crippen LogP contribution is -2.40. The van der Waals surface area contributed by atoms with E-state index in [1.165, 1.54) is 50.7 Å². The largest absolute Gasteiger partial charge is 0.331 e. The van der Waals surface area contributed by atoms with Gasteiger partial charge in [-0.2, -0.15) is 0 Å². The van der Waals surface area contributed by atoms with Crippen molar-refractivity contribution in [3.63, 3.8) is 0 Å². The fourth-order valence-corrected chi connectivity index (χ4v) is 3.92. The topological polar surface area (TPSA) is 105 Å². The number of hydrogen-bond acceptors (Lipinski definition) is 6. The van der Waals surface area contributed by atoms with Crippen molar-refractivity contribution in [3.8, 4) is 11.4 Å². The van der Waals surface area contributed by atoms with E-state index in [2.05, 4.69) is 36.6 Å². The number of halogens is 3. The third-order valence-corrected chi connectivity index (χ3v) is 5.67. The normalized spacial score (nSPS) is 11.2. The Labute approximate surface area is 203 Å². The van der Waals surface area contributed by atoms with Crippen LogP contribution in [0.3, 0.4) is 0 Å². The lowest BCUT2D eigenvalue weighted by molar-refractivity contribution is 0.595. The smallest absolute Gasteiger partial charge is 0.293 e. The second kappa shape index (κ2) is 9.18. The molecule has 35 heavy (non-hydrogen) atoms. The van der Waals surface area contributed by atoms with Gasteiger partial charge in [0.25, 0.3) is 5.56 Å². The Morgan fingerprint density at radius 1 is 0.743 bits per heavy atom. The first-order chi connectivity index (χ1) is 16.9. The molecule has 0 aliphatic rings. The zero-order valence-electron chi connectivity index (χ0n) is 17.8. The molecule has 0 bridgehead atoms. The van der Waals surface area contributed by atoms with Crippen LogP contribution in [0.25, 0.3) is 11.4 Å². The Balaban J connectivity index is 1.44. The average molecular weight is 541 g/mol. The molecule has 0 spiro atoms. The highest BCUT2D eigenvalue weighted by Crippen LogP contribution is 2.13. The van der Waals surface area contributed by atoms with E-state index in [0.29, 0.717) is 5.69 Å². The molecule has 10 nitrogen and oxygen atoms in total. The van der Waals surface area contributed by atoms with Crippen LogP contribution in [0.2, 0.25) is 0 Å².